The zero-order chi connectivity index (χ0) is 22.9. The van der Waals surface area contributed by atoms with Crippen LogP contribution < -0.4 is 14.9 Å². The molecule has 0 spiro atoms. The van der Waals surface area contributed by atoms with E-state index in [1.165, 1.54) is 6.08 Å². The summed E-state index contributed by atoms with van der Waals surface area (Å²) in [5.74, 6) is 0.212. The van der Waals surface area contributed by atoms with Crippen molar-refractivity contribution in [3.8, 4) is 0 Å². The fraction of sp³-hybridized carbons (Fsp3) is 0.458. The maximum atomic E-state index is 13.2. The van der Waals surface area contributed by atoms with Crippen molar-refractivity contribution in [2.24, 2.45) is 5.92 Å². The summed E-state index contributed by atoms with van der Waals surface area (Å²) in [7, 11) is -1.94. The van der Waals surface area contributed by atoms with Gasteiger partial charge in [0.2, 0.25) is 15.9 Å². The fourth-order valence-electron chi connectivity index (χ4n) is 4.26. The molecule has 1 aliphatic carbocycles. The molecule has 1 saturated carbocycles. The topological polar surface area (TPSA) is 87.7 Å². The van der Waals surface area contributed by atoms with Gasteiger partial charge in [0.1, 0.15) is 0 Å². The van der Waals surface area contributed by atoms with Crippen molar-refractivity contribution in [3.05, 3.63) is 43.0 Å². The summed E-state index contributed by atoms with van der Waals surface area (Å²) in [4.78, 5) is 14.3. The summed E-state index contributed by atoms with van der Waals surface area (Å²) < 4.78 is 34.5. The Labute approximate surface area is 189 Å². The minimum atomic E-state index is -3.67. The second-order valence-corrected chi connectivity index (χ2v) is 10.8. The van der Waals surface area contributed by atoms with Gasteiger partial charge < -0.3 is 15.0 Å². The molecule has 2 aromatic carbocycles. The Hall–Kier alpha value is -2.42. The van der Waals surface area contributed by atoms with Crippen LogP contribution in [0.5, 0.6) is 0 Å². The van der Waals surface area contributed by atoms with E-state index in [1.807, 2.05) is 25.1 Å². The number of rotatable bonds is 8. The zero-order valence-electron chi connectivity index (χ0n) is 18.7. The first-order valence-electron chi connectivity index (χ1n) is 11.0. The van der Waals surface area contributed by atoms with Gasteiger partial charge in [0.25, 0.3) is 0 Å². The van der Waals surface area contributed by atoms with E-state index in [9.17, 15) is 13.2 Å². The van der Waals surface area contributed by atoms with Crippen molar-refractivity contribution >= 4 is 38.1 Å². The van der Waals surface area contributed by atoms with E-state index >= 15 is 0 Å². The van der Waals surface area contributed by atoms with E-state index < -0.39 is 10.0 Å². The number of ether oxygens (including phenoxy) is 1. The number of amides is 1. The standard InChI is InChI=1S/C24H31N3O4S/c1-4-23(28)25-19-5-6-21-18(13-19)14-20(32(29,30)26-24(2)9-10-24)15-22(21)27-11-7-17(8-12-27)16-31-3/h4-6,13-15,17,26H,1,7-12,16H2,2-3H3,(H,25,28). The van der Waals surface area contributed by atoms with Gasteiger partial charge in [-0.3, -0.25) is 4.79 Å². The summed E-state index contributed by atoms with van der Waals surface area (Å²) in [6.07, 6.45) is 4.89. The van der Waals surface area contributed by atoms with Crippen molar-refractivity contribution < 1.29 is 17.9 Å². The molecule has 2 fully saturated rings. The molecule has 1 saturated heterocycles. The van der Waals surface area contributed by atoms with E-state index in [4.69, 9.17) is 4.74 Å². The molecule has 1 heterocycles. The lowest BCUT2D eigenvalue weighted by molar-refractivity contribution is -0.111. The second kappa shape index (κ2) is 8.84. The number of nitrogens with zero attached hydrogens (tertiary/aromatic N) is 1. The number of benzene rings is 2. The first-order valence-corrected chi connectivity index (χ1v) is 12.5. The first kappa shape index (κ1) is 22.8. The summed E-state index contributed by atoms with van der Waals surface area (Å²) in [6.45, 7) is 7.84. The monoisotopic (exact) mass is 457 g/mol. The highest BCUT2D eigenvalue weighted by molar-refractivity contribution is 7.89. The van der Waals surface area contributed by atoms with E-state index in [2.05, 4.69) is 21.5 Å². The Bertz CT molecular complexity index is 1130. The molecule has 1 amide bonds. The molecule has 4 rings (SSSR count). The predicted molar refractivity (Wildman–Crippen MR) is 128 cm³/mol. The minimum Gasteiger partial charge on any atom is -0.384 e. The van der Waals surface area contributed by atoms with Gasteiger partial charge in [-0.25, -0.2) is 13.1 Å². The van der Waals surface area contributed by atoms with Crippen LogP contribution in [0.4, 0.5) is 11.4 Å². The Kier molecular flexibility index (Phi) is 6.29. The van der Waals surface area contributed by atoms with E-state index in [1.54, 1.807) is 19.2 Å². The minimum absolute atomic E-state index is 0.249. The van der Waals surface area contributed by atoms with Gasteiger partial charge in [0.15, 0.2) is 0 Å². The van der Waals surface area contributed by atoms with E-state index in [-0.39, 0.29) is 16.3 Å². The fourth-order valence-corrected chi connectivity index (χ4v) is 5.78. The maximum absolute atomic E-state index is 13.2. The molecular formula is C24H31N3O4S. The molecule has 32 heavy (non-hydrogen) atoms. The molecule has 2 aliphatic rings. The van der Waals surface area contributed by atoms with Gasteiger partial charge in [-0.05, 0) is 74.3 Å². The molecule has 0 aromatic heterocycles. The van der Waals surface area contributed by atoms with Gasteiger partial charge in [-0.15, -0.1) is 0 Å². The SMILES string of the molecule is C=CC(=O)Nc1ccc2c(N3CCC(COC)CC3)cc(S(=O)(=O)NC3(C)CC3)cc2c1. The van der Waals surface area contributed by atoms with Crippen LogP contribution in [0.1, 0.15) is 32.6 Å². The molecule has 7 nitrogen and oxygen atoms in total. The van der Waals surface area contributed by atoms with Gasteiger partial charge in [-0.1, -0.05) is 12.6 Å². The normalized spacial score (nSPS) is 18.5. The summed E-state index contributed by atoms with van der Waals surface area (Å²) in [5.41, 5.74) is 1.15. The zero-order valence-corrected chi connectivity index (χ0v) is 19.5. The second-order valence-electron chi connectivity index (χ2n) is 9.12. The smallest absolute Gasteiger partial charge is 0.247 e. The summed E-state index contributed by atoms with van der Waals surface area (Å²) in [6, 6.07) is 9.07. The largest absolute Gasteiger partial charge is 0.384 e. The highest BCUT2D eigenvalue weighted by Gasteiger charge is 2.41. The molecule has 2 N–H and O–H groups in total. The van der Waals surface area contributed by atoms with Crippen LogP contribution in [0.15, 0.2) is 47.9 Å². The Morgan fingerprint density at radius 1 is 1.25 bits per heavy atom. The number of piperidine rings is 1. The average molecular weight is 458 g/mol. The first-order chi connectivity index (χ1) is 15.2. The third-order valence-corrected chi connectivity index (χ3v) is 8.02. The quantitative estimate of drug-likeness (QED) is 0.591. The number of hydrogen-bond acceptors (Lipinski definition) is 5. The van der Waals surface area contributed by atoms with Crippen molar-refractivity contribution in [1.82, 2.24) is 4.72 Å². The van der Waals surface area contributed by atoms with Gasteiger partial charge >= 0.3 is 0 Å². The third-order valence-electron chi connectivity index (χ3n) is 6.41. The van der Waals surface area contributed by atoms with Gasteiger partial charge in [0, 0.05) is 49.1 Å². The average Bonchev–Trinajstić information content (AvgIpc) is 3.49. The Balaban J connectivity index is 1.74. The van der Waals surface area contributed by atoms with Crippen LogP contribution in [0.3, 0.4) is 0 Å². The van der Waals surface area contributed by atoms with Crippen molar-refractivity contribution in [2.45, 2.75) is 43.0 Å². The lowest BCUT2D eigenvalue weighted by Crippen LogP contribution is -2.36. The van der Waals surface area contributed by atoms with Gasteiger partial charge in [-0.2, -0.15) is 0 Å². The van der Waals surface area contributed by atoms with Crippen LogP contribution in [-0.2, 0) is 19.6 Å². The number of carbonyl (C=O) groups is 1. The molecule has 0 radical (unpaired) electrons. The van der Waals surface area contributed by atoms with Crippen molar-refractivity contribution in [1.29, 1.82) is 0 Å². The van der Waals surface area contributed by atoms with E-state index in [0.717, 1.165) is 61.8 Å². The Morgan fingerprint density at radius 3 is 2.59 bits per heavy atom. The van der Waals surface area contributed by atoms with Gasteiger partial charge in [0.05, 0.1) is 4.90 Å². The third kappa shape index (κ3) is 4.98. The van der Waals surface area contributed by atoms with Crippen LogP contribution in [0.25, 0.3) is 10.8 Å². The van der Waals surface area contributed by atoms with Crippen molar-refractivity contribution in [2.75, 3.05) is 37.0 Å². The lowest BCUT2D eigenvalue weighted by atomic mass is 9.96. The maximum Gasteiger partial charge on any atom is 0.247 e. The molecule has 172 valence electrons. The van der Waals surface area contributed by atoms with Crippen LogP contribution in [-0.4, -0.2) is 46.7 Å². The Morgan fingerprint density at radius 2 is 1.97 bits per heavy atom. The molecule has 1 aliphatic heterocycles. The number of fused-ring (bicyclic) bond motifs is 1. The van der Waals surface area contributed by atoms with Crippen molar-refractivity contribution in [3.63, 3.8) is 0 Å². The number of hydrogen-bond donors (Lipinski definition) is 2. The van der Waals surface area contributed by atoms with Crippen LogP contribution in [0.2, 0.25) is 0 Å². The number of anilines is 2. The van der Waals surface area contributed by atoms with Crippen LogP contribution in [0, 0.1) is 5.92 Å². The molecular weight excluding hydrogens is 426 g/mol. The number of nitrogens with one attached hydrogen (secondary N) is 2. The molecule has 0 unspecified atom stereocenters. The van der Waals surface area contributed by atoms with Crippen LogP contribution >= 0.6 is 0 Å². The summed E-state index contributed by atoms with van der Waals surface area (Å²) >= 11 is 0. The van der Waals surface area contributed by atoms with E-state index in [0.29, 0.717) is 11.6 Å². The number of carbonyl (C=O) groups excluding carboxylic acids is 1. The molecule has 8 heteroatoms. The predicted octanol–water partition coefficient (Wildman–Crippen LogP) is 3.66. The molecule has 2 aromatic rings. The summed E-state index contributed by atoms with van der Waals surface area (Å²) in [5, 5.41) is 4.49. The molecule has 0 atom stereocenters. The number of sulfonamides is 1. The highest BCUT2D eigenvalue weighted by Crippen LogP contribution is 2.38. The highest BCUT2D eigenvalue weighted by atomic mass is 32.2. The lowest BCUT2D eigenvalue weighted by Gasteiger charge is -2.34. The number of methoxy groups -OCH3 is 1. The molecule has 0 bridgehead atoms.